The van der Waals surface area contributed by atoms with Crippen molar-refractivity contribution in [2.24, 2.45) is 5.10 Å². The normalized spacial score (nSPS) is 10.5. The van der Waals surface area contributed by atoms with E-state index >= 15 is 0 Å². The summed E-state index contributed by atoms with van der Waals surface area (Å²) in [5.74, 6) is -1.33. The largest absolute Gasteiger partial charge is 0.490 e. The average molecular weight is 480 g/mol. The van der Waals surface area contributed by atoms with Crippen LogP contribution in [0.4, 0.5) is 5.69 Å². The molecule has 2 N–H and O–H groups in total. The van der Waals surface area contributed by atoms with E-state index in [2.05, 4.69) is 15.8 Å². The number of non-ortho nitro benzene ring substituents is 1. The van der Waals surface area contributed by atoms with E-state index in [9.17, 15) is 24.5 Å². The Balaban J connectivity index is 1.59. The number of rotatable bonds is 10. The Morgan fingerprint density at radius 3 is 2.54 bits per heavy atom. The molecule has 0 unspecified atom stereocenters. The first-order valence-electron chi connectivity index (χ1n) is 10.2. The lowest BCUT2D eigenvalue weighted by Gasteiger charge is -2.11. The number of amides is 2. The number of esters is 1. The molecule has 0 aliphatic carbocycles. The number of hydrazone groups is 1. The Bertz CT molecular complexity index is 1240. The molecule has 0 aliphatic heterocycles. The van der Waals surface area contributed by atoms with Gasteiger partial charge in [-0.05, 0) is 55.0 Å². The topological polar surface area (TPSA) is 162 Å². The zero-order chi connectivity index (χ0) is 25.2. The minimum Gasteiger partial charge on any atom is -0.490 e. The summed E-state index contributed by atoms with van der Waals surface area (Å²) in [4.78, 5) is 46.2. The van der Waals surface area contributed by atoms with Gasteiger partial charge in [0, 0.05) is 12.1 Å². The number of ether oxygens (including phenoxy) is 2. The van der Waals surface area contributed by atoms with E-state index in [1.807, 2.05) is 0 Å². The van der Waals surface area contributed by atoms with Crippen molar-refractivity contribution in [1.29, 1.82) is 0 Å². The summed E-state index contributed by atoms with van der Waals surface area (Å²) in [6.07, 6.45) is 2.69. The molecule has 0 radical (unpaired) electrons. The second kappa shape index (κ2) is 11.7. The van der Waals surface area contributed by atoms with Crippen LogP contribution in [0.2, 0.25) is 0 Å². The third kappa shape index (κ3) is 6.99. The van der Waals surface area contributed by atoms with Crippen molar-refractivity contribution in [1.82, 2.24) is 10.7 Å². The molecule has 0 saturated heterocycles. The van der Waals surface area contributed by atoms with E-state index in [1.165, 1.54) is 48.9 Å². The number of hydrogen-bond donors (Lipinski definition) is 2. The predicted octanol–water partition coefficient (Wildman–Crippen LogP) is 2.69. The molecule has 35 heavy (non-hydrogen) atoms. The number of nitrogens with one attached hydrogen (secondary N) is 2. The number of carbonyl (C=O) groups is 3. The van der Waals surface area contributed by atoms with E-state index in [1.54, 1.807) is 25.1 Å². The molecule has 12 nitrogen and oxygen atoms in total. The number of hydrogen-bond acceptors (Lipinski definition) is 9. The number of nitrogens with zero attached hydrogens (tertiary/aromatic N) is 2. The van der Waals surface area contributed by atoms with Crippen molar-refractivity contribution in [3.8, 4) is 11.5 Å². The molecule has 0 bridgehead atoms. The Morgan fingerprint density at radius 1 is 1.11 bits per heavy atom. The van der Waals surface area contributed by atoms with E-state index in [4.69, 9.17) is 13.9 Å². The maximum Gasteiger partial charge on any atom is 0.343 e. The molecule has 2 amide bonds. The minimum atomic E-state index is -0.717. The first kappa shape index (κ1) is 24.6. The quantitative estimate of drug-likeness (QED) is 0.147. The molecule has 3 rings (SSSR count). The molecule has 1 aromatic heterocycles. The molecule has 0 atom stereocenters. The van der Waals surface area contributed by atoms with Crippen LogP contribution in [0.25, 0.3) is 0 Å². The first-order valence-corrected chi connectivity index (χ1v) is 10.2. The van der Waals surface area contributed by atoms with Gasteiger partial charge in [0.2, 0.25) is 0 Å². The van der Waals surface area contributed by atoms with Crippen LogP contribution in [0, 0.1) is 10.1 Å². The van der Waals surface area contributed by atoms with Crippen molar-refractivity contribution in [2.75, 3.05) is 13.2 Å². The third-order valence-corrected chi connectivity index (χ3v) is 4.34. The van der Waals surface area contributed by atoms with Gasteiger partial charge < -0.3 is 19.2 Å². The third-order valence-electron chi connectivity index (χ3n) is 4.34. The van der Waals surface area contributed by atoms with Crippen LogP contribution >= 0.6 is 0 Å². The van der Waals surface area contributed by atoms with E-state index < -0.39 is 22.7 Å². The zero-order valence-electron chi connectivity index (χ0n) is 18.4. The smallest absolute Gasteiger partial charge is 0.343 e. The summed E-state index contributed by atoms with van der Waals surface area (Å²) in [6, 6.07) is 12.6. The van der Waals surface area contributed by atoms with Gasteiger partial charge in [0.05, 0.1) is 36.1 Å². The second-order valence-corrected chi connectivity index (χ2v) is 6.79. The van der Waals surface area contributed by atoms with Crippen LogP contribution in [-0.4, -0.2) is 42.1 Å². The molecule has 2 aromatic carbocycles. The number of nitro benzene ring substituents is 1. The molecule has 12 heteroatoms. The Morgan fingerprint density at radius 2 is 1.89 bits per heavy atom. The van der Waals surface area contributed by atoms with Crippen LogP contribution in [0.3, 0.4) is 0 Å². The highest BCUT2D eigenvalue weighted by Gasteiger charge is 2.15. The lowest BCUT2D eigenvalue weighted by atomic mass is 10.2. The maximum absolute atomic E-state index is 12.4. The summed E-state index contributed by atoms with van der Waals surface area (Å²) in [5.41, 5.74) is 2.79. The Labute approximate surface area is 198 Å². The van der Waals surface area contributed by atoms with Gasteiger partial charge in [-0.15, -0.1) is 0 Å². The molecule has 0 saturated carbocycles. The van der Waals surface area contributed by atoms with Crippen molar-refractivity contribution in [3.05, 3.63) is 87.9 Å². The second-order valence-electron chi connectivity index (χ2n) is 6.79. The molecular formula is C23H20N4O8. The Kier molecular flexibility index (Phi) is 8.27. The highest BCUT2D eigenvalue weighted by Crippen LogP contribution is 2.29. The van der Waals surface area contributed by atoms with Crippen LogP contribution in [0.15, 0.2) is 70.4 Å². The number of nitro groups is 1. The average Bonchev–Trinajstić information content (AvgIpc) is 3.39. The van der Waals surface area contributed by atoms with Gasteiger partial charge in [-0.1, -0.05) is 0 Å². The molecule has 3 aromatic rings. The van der Waals surface area contributed by atoms with Crippen LogP contribution in [-0.2, 0) is 4.79 Å². The fourth-order valence-corrected chi connectivity index (χ4v) is 2.71. The van der Waals surface area contributed by atoms with E-state index in [-0.39, 0.29) is 41.7 Å². The van der Waals surface area contributed by atoms with Gasteiger partial charge >= 0.3 is 5.97 Å². The van der Waals surface area contributed by atoms with E-state index in [0.717, 1.165) is 0 Å². The summed E-state index contributed by atoms with van der Waals surface area (Å²) in [5, 5.41) is 17.0. The van der Waals surface area contributed by atoms with Crippen molar-refractivity contribution in [3.63, 3.8) is 0 Å². The summed E-state index contributed by atoms with van der Waals surface area (Å²) in [6.45, 7) is 1.73. The monoisotopic (exact) mass is 480 g/mol. The molecular weight excluding hydrogens is 460 g/mol. The van der Waals surface area contributed by atoms with Crippen LogP contribution < -0.4 is 20.2 Å². The lowest BCUT2D eigenvalue weighted by Crippen LogP contribution is -2.34. The molecule has 1 heterocycles. The fourth-order valence-electron chi connectivity index (χ4n) is 2.71. The van der Waals surface area contributed by atoms with Gasteiger partial charge in [-0.25, -0.2) is 10.2 Å². The molecule has 0 fully saturated rings. The number of benzene rings is 2. The Hall–Kier alpha value is -5.00. The fraction of sp³-hybridized carbons (Fsp3) is 0.130. The van der Waals surface area contributed by atoms with Crippen molar-refractivity contribution >= 4 is 29.7 Å². The number of furan rings is 1. The van der Waals surface area contributed by atoms with Gasteiger partial charge in [0.1, 0.15) is 0 Å². The highest BCUT2D eigenvalue weighted by molar-refractivity contribution is 5.94. The summed E-state index contributed by atoms with van der Waals surface area (Å²) in [7, 11) is 0. The number of carbonyl (C=O) groups excluding carboxylic acids is 3. The van der Waals surface area contributed by atoms with Gasteiger partial charge in [-0.3, -0.25) is 19.7 Å². The van der Waals surface area contributed by atoms with E-state index in [0.29, 0.717) is 5.56 Å². The van der Waals surface area contributed by atoms with Gasteiger partial charge in [-0.2, -0.15) is 5.10 Å². The molecule has 0 aliphatic rings. The van der Waals surface area contributed by atoms with Crippen molar-refractivity contribution < 1.29 is 33.2 Å². The summed E-state index contributed by atoms with van der Waals surface area (Å²) < 4.78 is 15.8. The van der Waals surface area contributed by atoms with Crippen LogP contribution in [0.5, 0.6) is 11.5 Å². The van der Waals surface area contributed by atoms with Gasteiger partial charge in [0.15, 0.2) is 17.3 Å². The highest BCUT2D eigenvalue weighted by atomic mass is 16.6. The lowest BCUT2D eigenvalue weighted by molar-refractivity contribution is -0.384. The standard InChI is InChI=1S/C23H20N4O8/c1-2-33-20-12-15(13-25-26-21(28)14-24-22(29)19-4-3-11-34-19)5-10-18(20)35-23(30)16-6-8-17(9-7-16)27(31)32/h3-13H,2,14H2,1H3,(H,24,29)(H,26,28)/b25-13-. The minimum absolute atomic E-state index is 0.0825. The van der Waals surface area contributed by atoms with Crippen molar-refractivity contribution in [2.45, 2.75) is 6.92 Å². The zero-order valence-corrected chi connectivity index (χ0v) is 18.4. The summed E-state index contributed by atoms with van der Waals surface area (Å²) >= 11 is 0. The van der Waals surface area contributed by atoms with Crippen LogP contribution in [0.1, 0.15) is 33.4 Å². The predicted molar refractivity (Wildman–Crippen MR) is 122 cm³/mol. The first-order chi connectivity index (χ1) is 16.9. The molecule has 180 valence electrons. The van der Waals surface area contributed by atoms with Gasteiger partial charge in [0.25, 0.3) is 17.5 Å². The molecule has 0 spiro atoms. The maximum atomic E-state index is 12.4. The SMILES string of the molecule is CCOc1cc(/C=N\NC(=O)CNC(=O)c2ccco2)ccc1OC(=O)c1ccc([N+](=O)[O-])cc1.